The number of carbonyl (C=O) groups excluding carboxylic acids is 1. The van der Waals surface area contributed by atoms with Gasteiger partial charge in [0.1, 0.15) is 17.2 Å². The topological polar surface area (TPSA) is 76.9 Å². The van der Waals surface area contributed by atoms with E-state index < -0.39 is 0 Å². The van der Waals surface area contributed by atoms with Crippen LogP contribution in [0.2, 0.25) is 0 Å². The molecule has 0 spiro atoms. The van der Waals surface area contributed by atoms with Gasteiger partial charge in [0.25, 0.3) is 5.56 Å². The highest BCUT2D eigenvalue weighted by molar-refractivity contribution is 7.18. The molecule has 0 aliphatic heterocycles. The van der Waals surface area contributed by atoms with Crippen LogP contribution < -0.4 is 10.9 Å². The molecule has 0 radical (unpaired) electrons. The van der Waals surface area contributed by atoms with Crippen LogP contribution in [0.15, 0.2) is 35.4 Å². The van der Waals surface area contributed by atoms with Gasteiger partial charge in [-0.15, -0.1) is 22.7 Å². The lowest BCUT2D eigenvalue weighted by Gasteiger charge is -2.05. The van der Waals surface area contributed by atoms with Gasteiger partial charge in [0, 0.05) is 15.3 Å². The van der Waals surface area contributed by atoms with E-state index in [9.17, 15) is 14.0 Å². The molecule has 0 aliphatic carbocycles. The summed E-state index contributed by atoms with van der Waals surface area (Å²) >= 11 is 2.80. The number of aromatic nitrogens is 3. The molecule has 4 aromatic rings. The molecule has 4 rings (SSSR count). The molecule has 0 saturated carbocycles. The summed E-state index contributed by atoms with van der Waals surface area (Å²) in [7, 11) is 0. The third-order valence-electron chi connectivity index (χ3n) is 4.63. The first kappa shape index (κ1) is 19.4. The molecule has 3 aromatic heterocycles. The number of thiazole rings is 1. The first-order valence-corrected chi connectivity index (χ1v) is 10.4. The van der Waals surface area contributed by atoms with Gasteiger partial charge in [-0.3, -0.25) is 14.2 Å². The predicted molar refractivity (Wildman–Crippen MR) is 114 cm³/mol. The highest BCUT2D eigenvalue weighted by Crippen LogP contribution is 2.30. The molecule has 1 N–H and O–H groups in total. The van der Waals surface area contributed by atoms with Crippen LogP contribution in [-0.2, 0) is 11.3 Å². The Morgan fingerprint density at radius 3 is 2.59 bits per heavy atom. The molecule has 1 amide bonds. The Morgan fingerprint density at radius 2 is 1.86 bits per heavy atom. The van der Waals surface area contributed by atoms with Crippen molar-refractivity contribution >= 4 is 43.9 Å². The molecule has 0 bridgehead atoms. The Hall–Kier alpha value is -2.91. The monoisotopic (exact) mass is 428 g/mol. The quantitative estimate of drug-likeness (QED) is 0.526. The van der Waals surface area contributed by atoms with Crippen molar-refractivity contribution in [3.05, 3.63) is 62.1 Å². The van der Waals surface area contributed by atoms with Gasteiger partial charge in [0.05, 0.1) is 17.4 Å². The van der Waals surface area contributed by atoms with Crippen LogP contribution in [0.1, 0.15) is 15.3 Å². The minimum Gasteiger partial charge on any atom is -0.300 e. The molecule has 3 heterocycles. The van der Waals surface area contributed by atoms with Crippen LogP contribution in [0.5, 0.6) is 0 Å². The standard InChI is InChI=1S/C20H17FN4O2S2/c1-10-11(2)28-18-16(10)19(27)25(9-22-18)8-15(26)23-20-24-17(12(3)29-20)13-4-6-14(21)7-5-13/h4-7,9H,8H2,1-3H3,(H,23,24,26). The molecule has 0 atom stereocenters. The molecule has 0 fully saturated rings. The summed E-state index contributed by atoms with van der Waals surface area (Å²) in [6.07, 6.45) is 1.40. The van der Waals surface area contributed by atoms with Crippen molar-refractivity contribution < 1.29 is 9.18 Å². The lowest BCUT2D eigenvalue weighted by Crippen LogP contribution is -2.27. The zero-order valence-corrected chi connectivity index (χ0v) is 17.6. The SMILES string of the molecule is Cc1sc(NC(=O)Cn2cnc3sc(C)c(C)c3c2=O)nc1-c1ccc(F)cc1. The highest BCUT2D eigenvalue weighted by Gasteiger charge is 2.16. The highest BCUT2D eigenvalue weighted by atomic mass is 32.1. The molecule has 0 saturated heterocycles. The number of anilines is 1. The summed E-state index contributed by atoms with van der Waals surface area (Å²) < 4.78 is 14.4. The maximum Gasteiger partial charge on any atom is 0.262 e. The molecule has 0 aliphatic rings. The number of hydrogen-bond acceptors (Lipinski definition) is 6. The van der Waals surface area contributed by atoms with Crippen molar-refractivity contribution in [3.63, 3.8) is 0 Å². The fraction of sp³-hybridized carbons (Fsp3) is 0.200. The van der Waals surface area contributed by atoms with Crippen LogP contribution in [0, 0.1) is 26.6 Å². The lowest BCUT2D eigenvalue weighted by atomic mass is 10.1. The van der Waals surface area contributed by atoms with Gasteiger partial charge in [-0.05, 0) is 50.6 Å². The van der Waals surface area contributed by atoms with Crippen molar-refractivity contribution in [2.24, 2.45) is 0 Å². The number of nitrogens with zero attached hydrogens (tertiary/aromatic N) is 3. The smallest absolute Gasteiger partial charge is 0.262 e. The molecule has 0 unspecified atom stereocenters. The Balaban J connectivity index is 1.55. The second-order valence-electron chi connectivity index (χ2n) is 6.62. The zero-order chi connectivity index (χ0) is 20.7. The van der Waals surface area contributed by atoms with E-state index in [0.717, 1.165) is 20.9 Å². The number of aryl methyl sites for hydroxylation is 3. The molecular weight excluding hydrogens is 411 g/mol. The maximum atomic E-state index is 13.1. The van der Waals surface area contributed by atoms with E-state index in [1.54, 1.807) is 12.1 Å². The summed E-state index contributed by atoms with van der Waals surface area (Å²) in [5.74, 6) is -0.681. The normalized spacial score (nSPS) is 11.2. The van der Waals surface area contributed by atoms with Crippen molar-refractivity contribution in [1.29, 1.82) is 0 Å². The largest absolute Gasteiger partial charge is 0.300 e. The summed E-state index contributed by atoms with van der Waals surface area (Å²) in [6, 6.07) is 6.04. The summed E-state index contributed by atoms with van der Waals surface area (Å²) in [5, 5.41) is 3.73. The van der Waals surface area contributed by atoms with Crippen LogP contribution in [0.4, 0.5) is 9.52 Å². The maximum absolute atomic E-state index is 13.1. The Labute approximate surface area is 173 Å². The second kappa shape index (κ2) is 7.49. The average molecular weight is 429 g/mol. The van der Waals surface area contributed by atoms with Crippen LogP contribution in [-0.4, -0.2) is 20.4 Å². The third-order valence-corrected chi connectivity index (χ3v) is 6.63. The number of rotatable bonds is 4. The predicted octanol–water partition coefficient (Wildman–Crippen LogP) is 4.28. The first-order valence-electron chi connectivity index (χ1n) is 8.82. The van der Waals surface area contributed by atoms with E-state index in [-0.39, 0.29) is 23.8 Å². The Morgan fingerprint density at radius 1 is 1.14 bits per heavy atom. The Kier molecular flexibility index (Phi) is 5.01. The van der Waals surface area contributed by atoms with E-state index in [1.807, 2.05) is 20.8 Å². The van der Waals surface area contributed by atoms with Crippen LogP contribution in [0.3, 0.4) is 0 Å². The number of hydrogen-bond donors (Lipinski definition) is 1. The summed E-state index contributed by atoms with van der Waals surface area (Å²) in [5.41, 5.74) is 2.14. The molecule has 9 heteroatoms. The zero-order valence-electron chi connectivity index (χ0n) is 15.9. The molecule has 29 heavy (non-hydrogen) atoms. The van der Waals surface area contributed by atoms with Gasteiger partial charge < -0.3 is 5.32 Å². The van der Waals surface area contributed by atoms with Gasteiger partial charge >= 0.3 is 0 Å². The number of amides is 1. The summed E-state index contributed by atoms with van der Waals surface area (Å²) in [6.45, 7) is 5.56. The molecular formula is C20H17FN4O2S2. The van der Waals surface area contributed by atoms with E-state index >= 15 is 0 Å². The van der Waals surface area contributed by atoms with Gasteiger partial charge in [-0.2, -0.15) is 0 Å². The molecule has 6 nitrogen and oxygen atoms in total. The number of carbonyl (C=O) groups is 1. The van der Waals surface area contributed by atoms with Crippen LogP contribution >= 0.6 is 22.7 Å². The second-order valence-corrected chi connectivity index (χ2v) is 9.03. The molecule has 1 aromatic carbocycles. The third kappa shape index (κ3) is 3.70. The molecule has 148 valence electrons. The summed E-state index contributed by atoms with van der Waals surface area (Å²) in [4.78, 5) is 36.6. The lowest BCUT2D eigenvalue weighted by molar-refractivity contribution is -0.116. The Bertz CT molecular complexity index is 1290. The average Bonchev–Trinajstić information content (AvgIpc) is 3.18. The van der Waals surface area contributed by atoms with Gasteiger partial charge in [-0.25, -0.2) is 14.4 Å². The van der Waals surface area contributed by atoms with E-state index in [1.165, 1.54) is 45.7 Å². The van der Waals surface area contributed by atoms with Crippen molar-refractivity contribution in [3.8, 4) is 11.3 Å². The van der Waals surface area contributed by atoms with E-state index in [4.69, 9.17) is 0 Å². The minimum atomic E-state index is -0.364. The number of nitrogens with one attached hydrogen (secondary N) is 1. The first-order chi connectivity index (χ1) is 13.8. The number of thiophene rings is 1. The number of halogens is 1. The fourth-order valence-corrected chi connectivity index (χ4v) is 4.86. The van der Waals surface area contributed by atoms with Crippen molar-refractivity contribution in [2.75, 3.05) is 5.32 Å². The van der Waals surface area contributed by atoms with Crippen LogP contribution in [0.25, 0.3) is 21.5 Å². The van der Waals surface area contributed by atoms with E-state index in [2.05, 4.69) is 15.3 Å². The van der Waals surface area contributed by atoms with E-state index in [0.29, 0.717) is 21.0 Å². The fourth-order valence-electron chi connectivity index (χ4n) is 3.02. The van der Waals surface area contributed by atoms with Gasteiger partial charge in [0.15, 0.2) is 5.13 Å². The minimum absolute atomic E-state index is 0.152. The van der Waals surface area contributed by atoms with Gasteiger partial charge in [-0.1, -0.05) is 0 Å². The number of fused-ring (bicyclic) bond motifs is 1. The van der Waals surface area contributed by atoms with Crippen molar-refractivity contribution in [2.45, 2.75) is 27.3 Å². The van der Waals surface area contributed by atoms with Gasteiger partial charge in [0.2, 0.25) is 5.91 Å². The number of benzene rings is 1. The van der Waals surface area contributed by atoms with Crippen molar-refractivity contribution in [1.82, 2.24) is 14.5 Å².